The molecule has 0 aliphatic rings. The molecule has 2 nitrogen and oxygen atoms in total. The fourth-order valence-corrected chi connectivity index (χ4v) is 2.25. The van der Waals surface area contributed by atoms with E-state index in [1.807, 2.05) is 24.4 Å². The summed E-state index contributed by atoms with van der Waals surface area (Å²) in [6, 6.07) is 14.6. The van der Waals surface area contributed by atoms with E-state index in [1.54, 1.807) is 11.8 Å². The molecule has 0 saturated carbocycles. The third kappa shape index (κ3) is 3.88. The predicted octanol–water partition coefficient (Wildman–Crippen LogP) is 3.34. The highest BCUT2D eigenvalue weighted by Gasteiger charge is 1.98. The van der Waals surface area contributed by atoms with Crippen molar-refractivity contribution in [3.63, 3.8) is 0 Å². The predicted molar refractivity (Wildman–Crippen MR) is 72.2 cm³/mol. The minimum Gasteiger partial charge on any atom is -0.313 e. The van der Waals surface area contributed by atoms with Crippen molar-refractivity contribution in [3.8, 4) is 0 Å². The Kier molecular flexibility index (Phi) is 4.59. The van der Waals surface area contributed by atoms with E-state index in [0.29, 0.717) is 0 Å². The van der Waals surface area contributed by atoms with Gasteiger partial charge >= 0.3 is 0 Å². The van der Waals surface area contributed by atoms with Crippen LogP contribution in [-0.2, 0) is 6.54 Å². The molecule has 0 fully saturated rings. The van der Waals surface area contributed by atoms with Crippen molar-refractivity contribution >= 4 is 11.8 Å². The molecule has 1 aromatic heterocycles. The fourth-order valence-electron chi connectivity index (χ4n) is 1.47. The van der Waals surface area contributed by atoms with Gasteiger partial charge < -0.3 is 5.32 Å². The SMILES string of the molecule is CCNCc1ccc(Sc2ccccn2)cc1. The summed E-state index contributed by atoms with van der Waals surface area (Å²) in [5.74, 6) is 0. The van der Waals surface area contributed by atoms with Crippen molar-refractivity contribution in [2.24, 2.45) is 0 Å². The number of benzene rings is 1. The zero-order valence-electron chi connectivity index (χ0n) is 9.89. The Morgan fingerprint density at radius 3 is 2.59 bits per heavy atom. The van der Waals surface area contributed by atoms with Crippen LogP contribution in [0, 0.1) is 0 Å². The molecular formula is C14H16N2S. The van der Waals surface area contributed by atoms with E-state index in [2.05, 4.69) is 41.5 Å². The number of nitrogens with one attached hydrogen (secondary N) is 1. The number of rotatable bonds is 5. The van der Waals surface area contributed by atoms with Gasteiger partial charge in [-0.2, -0.15) is 0 Å². The Hall–Kier alpha value is -1.32. The van der Waals surface area contributed by atoms with Crippen LogP contribution in [0.4, 0.5) is 0 Å². The number of hydrogen-bond donors (Lipinski definition) is 1. The molecule has 0 aliphatic heterocycles. The van der Waals surface area contributed by atoms with E-state index >= 15 is 0 Å². The van der Waals surface area contributed by atoms with Crippen LogP contribution in [0.5, 0.6) is 0 Å². The maximum absolute atomic E-state index is 4.30. The standard InChI is InChI=1S/C14H16N2S/c1-2-15-11-12-6-8-13(9-7-12)17-14-5-3-4-10-16-14/h3-10,15H,2,11H2,1H3. The normalized spacial score (nSPS) is 10.4. The van der Waals surface area contributed by atoms with Crippen molar-refractivity contribution < 1.29 is 0 Å². The second-order valence-electron chi connectivity index (χ2n) is 3.69. The van der Waals surface area contributed by atoms with Crippen molar-refractivity contribution in [3.05, 3.63) is 54.2 Å². The summed E-state index contributed by atoms with van der Waals surface area (Å²) in [5, 5.41) is 4.35. The second kappa shape index (κ2) is 6.42. The Morgan fingerprint density at radius 2 is 1.94 bits per heavy atom. The minimum atomic E-state index is 0.936. The van der Waals surface area contributed by atoms with Crippen molar-refractivity contribution in [1.82, 2.24) is 10.3 Å². The first-order valence-electron chi connectivity index (χ1n) is 5.77. The summed E-state index contributed by atoms with van der Waals surface area (Å²) in [7, 11) is 0. The van der Waals surface area contributed by atoms with Crippen LogP contribution < -0.4 is 5.32 Å². The van der Waals surface area contributed by atoms with Gasteiger partial charge in [0.1, 0.15) is 5.03 Å². The maximum Gasteiger partial charge on any atom is 0.101 e. The smallest absolute Gasteiger partial charge is 0.101 e. The molecule has 2 aromatic rings. The first-order chi connectivity index (χ1) is 8.38. The van der Waals surface area contributed by atoms with Gasteiger partial charge in [0.25, 0.3) is 0 Å². The lowest BCUT2D eigenvalue weighted by Crippen LogP contribution is -2.11. The number of aromatic nitrogens is 1. The molecule has 1 aromatic carbocycles. The topological polar surface area (TPSA) is 24.9 Å². The Balaban J connectivity index is 1.98. The highest BCUT2D eigenvalue weighted by molar-refractivity contribution is 7.99. The zero-order valence-corrected chi connectivity index (χ0v) is 10.7. The van der Waals surface area contributed by atoms with Crippen LogP contribution in [0.3, 0.4) is 0 Å². The molecule has 1 heterocycles. The van der Waals surface area contributed by atoms with Gasteiger partial charge in [-0.3, -0.25) is 0 Å². The summed E-state index contributed by atoms with van der Waals surface area (Å²) < 4.78 is 0. The molecule has 0 atom stereocenters. The van der Waals surface area contributed by atoms with Gasteiger partial charge in [-0.05, 0) is 36.4 Å². The number of nitrogens with zero attached hydrogens (tertiary/aromatic N) is 1. The molecule has 0 unspecified atom stereocenters. The molecule has 17 heavy (non-hydrogen) atoms. The van der Waals surface area contributed by atoms with Crippen LogP contribution in [0.15, 0.2) is 58.6 Å². The third-order valence-electron chi connectivity index (χ3n) is 2.36. The van der Waals surface area contributed by atoms with E-state index in [4.69, 9.17) is 0 Å². The monoisotopic (exact) mass is 244 g/mol. The molecule has 0 spiro atoms. The van der Waals surface area contributed by atoms with Crippen LogP contribution in [-0.4, -0.2) is 11.5 Å². The zero-order chi connectivity index (χ0) is 11.9. The Bertz CT molecular complexity index is 440. The number of pyridine rings is 1. The Labute approximate surface area is 106 Å². The van der Waals surface area contributed by atoms with Crippen molar-refractivity contribution in [2.45, 2.75) is 23.4 Å². The first-order valence-corrected chi connectivity index (χ1v) is 6.58. The summed E-state index contributed by atoms with van der Waals surface area (Å²) in [6.45, 7) is 4.06. The lowest BCUT2D eigenvalue weighted by molar-refractivity contribution is 0.726. The van der Waals surface area contributed by atoms with Crippen LogP contribution in [0.2, 0.25) is 0 Å². The summed E-state index contributed by atoms with van der Waals surface area (Å²) in [5.41, 5.74) is 1.32. The summed E-state index contributed by atoms with van der Waals surface area (Å²) >= 11 is 1.69. The van der Waals surface area contributed by atoms with Gasteiger partial charge in [-0.25, -0.2) is 4.98 Å². The van der Waals surface area contributed by atoms with Crippen molar-refractivity contribution in [1.29, 1.82) is 0 Å². The van der Waals surface area contributed by atoms with Crippen molar-refractivity contribution in [2.75, 3.05) is 6.54 Å². The summed E-state index contributed by atoms with van der Waals surface area (Å²) in [4.78, 5) is 5.52. The Morgan fingerprint density at radius 1 is 1.12 bits per heavy atom. The van der Waals surface area contributed by atoms with E-state index in [1.165, 1.54) is 10.5 Å². The van der Waals surface area contributed by atoms with E-state index in [0.717, 1.165) is 18.1 Å². The third-order valence-corrected chi connectivity index (χ3v) is 3.32. The van der Waals surface area contributed by atoms with Crippen LogP contribution >= 0.6 is 11.8 Å². The molecule has 1 N–H and O–H groups in total. The van der Waals surface area contributed by atoms with Gasteiger partial charge in [0.2, 0.25) is 0 Å². The quantitative estimate of drug-likeness (QED) is 0.873. The highest BCUT2D eigenvalue weighted by atomic mass is 32.2. The average molecular weight is 244 g/mol. The second-order valence-corrected chi connectivity index (χ2v) is 4.79. The molecule has 2 rings (SSSR count). The van der Waals surface area contributed by atoms with Gasteiger partial charge in [0.15, 0.2) is 0 Å². The maximum atomic E-state index is 4.30. The molecule has 0 bridgehead atoms. The van der Waals surface area contributed by atoms with Crippen LogP contribution in [0.1, 0.15) is 12.5 Å². The average Bonchev–Trinajstić information content (AvgIpc) is 2.39. The van der Waals surface area contributed by atoms with Crippen LogP contribution in [0.25, 0.3) is 0 Å². The molecule has 3 heteroatoms. The first kappa shape index (κ1) is 12.1. The highest BCUT2D eigenvalue weighted by Crippen LogP contribution is 2.25. The van der Waals surface area contributed by atoms with E-state index in [9.17, 15) is 0 Å². The largest absolute Gasteiger partial charge is 0.313 e. The van der Waals surface area contributed by atoms with Gasteiger partial charge in [-0.15, -0.1) is 0 Å². The van der Waals surface area contributed by atoms with E-state index < -0.39 is 0 Å². The fraction of sp³-hybridized carbons (Fsp3) is 0.214. The molecule has 0 amide bonds. The molecule has 88 valence electrons. The lowest BCUT2D eigenvalue weighted by Gasteiger charge is -2.04. The molecular weight excluding hydrogens is 228 g/mol. The molecule has 0 saturated heterocycles. The van der Waals surface area contributed by atoms with E-state index in [-0.39, 0.29) is 0 Å². The number of hydrogen-bond acceptors (Lipinski definition) is 3. The van der Waals surface area contributed by atoms with Gasteiger partial charge in [-0.1, -0.05) is 36.9 Å². The molecule has 0 aliphatic carbocycles. The lowest BCUT2D eigenvalue weighted by atomic mass is 10.2. The molecule has 0 radical (unpaired) electrons. The summed E-state index contributed by atoms with van der Waals surface area (Å²) in [6.07, 6.45) is 1.82. The van der Waals surface area contributed by atoms with Gasteiger partial charge in [0.05, 0.1) is 0 Å². The van der Waals surface area contributed by atoms with Gasteiger partial charge in [0, 0.05) is 17.6 Å². The minimum absolute atomic E-state index is 0.936.